The second kappa shape index (κ2) is 6.21. The van der Waals surface area contributed by atoms with Crippen LogP contribution in [0.15, 0.2) is 30.3 Å². The Bertz CT molecular complexity index is 465. The number of rotatable bonds is 4. The van der Waals surface area contributed by atoms with Crippen molar-refractivity contribution in [3.63, 3.8) is 0 Å². The first-order valence-corrected chi connectivity index (χ1v) is 6.17. The molecule has 0 aliphatic rings. The Morgan fingerprint density at radius 3 is 1.48 bits per heavy atom. The van der Waals surface area contributed by atoms with E-state index < -0.39 is 42.2 Å². The SMILES string of the molecule is CCOC(c1ccccc1)C(C(F)(F)F)(C(F)(F)F)C(F)(F)F. The molecule has 0 aliphatic carbocycles. The molecule has 0 spiro atoms. The minimum atomic E-state index is -6.67. The summed E-state index contributed by atoms with van der Waals surface area (Å²) in [5, 5.41) is 0. The molecule has 0 saturated heterocycles. The average Bonchev–Trinajstić information content (AvgIpc) is 2.34. The van der Waals surface area contributed by atoms with Gasteiger partial charge in [-0.15, -0.1) is 0 Å². The molecular formula is C13H11F9O. The molecule has 1 rings (SSSR count). The van der Waals surface area contributed by atoms with Gasteiger partial charge in [0.05, 0.1) is 0 Å². The van der Waals surface area contributed by atoms with Crippen LogP contribution in [-0.2, 0) is 4.74 Å². The molecule has 132 valence electrons. The molecule has 0 radical (unpaired) electrons. The first-order valence-electron chi connectivity index (χ1n) is 6.17. The van der Waals surface area contributed by atoms with Crippen molar-refractivity contribution in [3.05, 3.63) is 35.9 Å². The standard InChI is InChI=1S/C13H11F9O/c1-2-23-9(8-6-4-3-5-7-8)10(11(14,15)16,12(17,18)19)13(20,21)22/h3-7,9H,2H2,1H3. The van der Waals surface area contributed by atoms with Crippen molar-refractivity contribution in [1.82, 2.24) is 0 Å². The summed E-state index contributed by atoms with van der Waals surface area (Å²) >= 11 is 0. The summed E-state index contributed by atoms with van der Waals surface area (Å²) in [5.41, 5.74) is -6.91. The van der Waals surface area contributed by atoms with Crippen molar-refractivity contribution in [2.24, 2.45) is 5.41 Å². The van der Waals surface area contributed by atoms with Crippen LogP contribution in [0.4, 0.5) is 39.5 Å². The van der Waals surface area contributed by atoms with Gasteiger partial charge in [0.15, 0.2) is 0 Å². The number of alkyl halides is 9. The number of ether oxygens (including phenoxy) is 1. The third-order valence-electron chi connectivity index (χ3n) is 3.17. The van der Waals surface area contributed by atoms with Gasteiger partial charge in [0.25, 0.3) is 5.41 Å². The largest absolute Gasteiger partial charge is 0.415 e. The van der Waals surface area contributed by atoms with Crippen LogP contribution in [0.2, 0.25) is 0 Å². The maximum absolute atomic E-state index is 13.1. The molecule has 10 heteroatoms. The van der Waals surface area contributed by atoms with E-state index >= 15 is 0 Å². The number of hydrogen-bond acceptors (Lipinski definition) is 1. The third-order valence-corrected chi connectivity index (χ3v) is 3.17. The van der Waals surface area contributed by atoms with E-state index in [0.29, 0.717) is 0 Å². The Hall–Kier alpha value is -1.45. The molecule has 0 heterocycles. The van der Waals surface area contributed by atoms with Crippen molar-refractivity contribution in [1.29, 1.82) is 0 Å². The molecule has 0 bridgehead atoms. The van der Waals surface area contributed by atoms with Gasteiger partial charge in [-0.05, 0) is 12.5 Å². The molecule has 0 fully saturated rings. The average molecular weight is 354 g/mol. The molecule has 1 nitrogen and oxygen atoms in total. The Balaban J connectivity index is 3.78. The van der Waals surface area contributed by atoms with Crippen LogP contribution in [0, 0.1) is 5.41 Å². The van der Waals surface area contributed by atoms with Crippen LogP contribution in [0.3, 0.4) is 0 Å². The number of hydrogen-bond donors (Lipinski definition) is 0. The lowest BCUT2D eigenvalue weighted by Crippen LogP contribution is -2.63. The summed E-state index contributed by atoms with van der Waals surface area (Å²) in [5.74, 6) is 0. The lowest BCUT2D eigenvalue weighted by atomic mass is 9.76. The summed E-state index contributed by atoms with van der Waals surface area (Å²) in [4.78, 5) is 0. The van der Waals surface area contributed by atoms with E-state index in [2.05, 4.69) is 4.74 Å². The van der Waals surface area contributed by atoms with Crippen molar-refractivity contribution >= 4 is 0 Å². The summed E-state index contributed by atoms with van der Waals surface area (Å²) in [7, 11) is 0. The van der Waals surface area contributed by atoms with Gasteiger partial charge >= 0.3 is 18.5 Å². The van der Waals surface area contributed by atoms with Crippen molar-refractivity contribution in [2.75, 3.05) is 6.61 Å². The van der Waals surface area contributed by atoms with E-state index in [-0.39, 0.29) is 0 Å². The van der Waals surface area contributed by atoms with Gasteiger partial charge in [-0.25, -0.2) is 0 Å². The molecule has 1 aromatic carbocycles. The zero-order chi connectivity index (χ0) is 18.1. The second-order valence-electron chi connectivity index (χ2n) is 4.55. The molecule has 0 amide bonds. The summed E-state index contributed by atoms with van der Waals surface area (Å²) < 4.78 is 122. The summed E-state index contributed by atoms with van der Waals surface area (Å²) in [6.07, 6.45) is -23.3. The van der Waals surface area contributed by atoms with Gasteiger partial charge in [0, 0.05) is 6.61 Å². The second-order valence-corrected chi connectivity index (χ2v) is 4.55. The predicted octanol–water partition coefficient (Wildman–Crippen LogP) is 5.44. The minimum absolute atomic E-state index is 0.721. The lowest BCUT2D eigenvalue weighted by Gasteiger charge is -2.43. The summed E-state index contributed by atoms with van der Waals surface area (Å²) in [6.45, 7) is 0.230. The quantitative estimate of drug-likeness (QED) is 0.655. The fourth-order valence-electron chi connectivity index (χ4n) is 2.19. The van der Waals surface area contributed by atoms with Gasteiger partial charge in [0.2, 0.25) is 0 Å². The van der Waals surface area contributed by atoms with Gasteiger partial charge < -0.3 is 4.74 Å². The fraction of sp³-hybridized carbons (Fsp3) is 0.538. The highest BCUT2D eigenvalue weighted by atomic mass is 19.4. The molecule has 23 heavy (non-hydrogen) atoms. The normalized spacial score (nSPS) is 15.6. The van der Waals surface area contributed by atoms with Gasteiger partial charge in [-0.1, -0.05) is 30.3 Å². The topological polar surface area (TPSA) is 9.23 Å². The van der Waals surface area contributed by atoms with Gasteiger partial charge in [0.1, 0.15) is 6.10 Å². The van der Waals surface area contributed by atoms with E-state index in [9.17, 15) is 39.5 Å². The van der Waals surface area contributed by atoms with E-state index in [0.717, 1.165) is 31.2 Å². The van der Waals surface area contributed by atoms with Crippen LogP contribution < -0.4 is 0 Å². The molecule has 0 aliphatic heterocycles. The predicted molar refractivity (Wildman–Crippen MR) is 61.4 cm³/mol. The van der Waals surface area contributed by atoms with E-state index in [1.165, 1.54) is 6.07 Å². The van der Waals surface area contributed by atoms with E-state index in [1.54, 1.807) is 0 Å². The van der Waals surface area contributed by atoms with E-state index in [1.807, 2.05) is 0 Å². The maximum Gasteiger partial charge on any atom is 0.415 e. The zero-order valence-corrected chi connectivity index (χ0v) is 11.5. The van der Waals surface area contributed by atoms with Crippen molar-refractivity contribution in [3.8, 4) is 0 Å². The van der Waals surface area contributed by atoms with Gasteiger partial charge in [-0.3, -0.25) is 0 Å². The first-order chi connectivity index (χ1) is 10.3. The first kappa shape index (κ1) is 19.6. The van der Waals surface area contributed by atoms with E-state index in [4.69, 9.17) is 0 Å². The van der Waals surface area contributed by atoms with Crippen LogP contribution in [-0.4, -0.2) is 25.1 Å². The van der Waals surface area contributed by atoms with Crippen LogP contribution in [0.5, 0.6) is 0 Å². The highest BCUT2D eigenvalue weighted by molar-refractivity contribution is 5.23. The highest BCUT2D eigenvalue weighted by Gasteiger charge is 2.87. The Kier molecular flexibility index (Phi) is 5.30. The van der Waals surface area contributed by atoms with Crippen LogP contribution in [0.25, 0.3) is 0 Å². The summed E-state index contributed by atoms with van der Waals surface area (Å²) in [6, 6.07) is 4.73. The monoisotopic (exact) mass is 354 g/mol. The number of halogens is 9. The molecule has 0 saturated carbocycles. The van der Waals surface area contributed by atoms with Crippen LogP contribution in [0.1, 0.15) is 18.6 Å². The third kappa shape index (κ3) is 3.26. The molecule has 1 aromatic rings. The Morgan fingerprint density at radius 1 is 0.783 bits per heavy atom. The van der Waals surface area contributed by atoms with Crippen molar-refractivity contribution < 1.29 is 44.3 Å². The smallest absolute Gasteiger partial charge is 0.372 e. The fourth-order valence-corrected chi connectivity index (χ4v) is 2.19. The van der Waals surface area contributed by atoms with Gasteiger partial charge in [-0.2, -0.15) is 39.5 Å². The molecule has 0 aromatic heterocycles. The lowest BCUT2D eigenvalue weighted by molar-refractivity contribution is -0.452. The Morgan fingerprint density at radius 2 is 1.17 bits per heavy atom. The zero-order valence-electron chi connectivity index (χ0n) is 11.5. The highest BCUT2D eigenvalue weighted by Crippen LogP contribution is 2.65. The van der Waals surface area contributed by atoms with Crippen LogP contribution >= 0.6 is 0 Å². The molecule has 1 atom stereocenters. The Labute approximate surface area is 125 Å². The number of benzene rings is 1. The maximum atomic E-state index is 13.1. The molecule has 0 N–H and O–H groups in total. The van der Waals surface area contributed by atoms with Crippen molar-refractivity contribution in [2.45, 2.75) is 31.6 Å². The molecule has 1 unspecified atom stereocenters. The minimum Gasteiger partial charge on any atom is -0.372 e. The molecular weight excluding hydrogens is 343 g/mol.